The van der Waals surface area contributed by atoms with Crippen molar-refractivity contribution in [1.29, 1.82) is 0 Å². The first-order chi connectivity index (χ1) is 8.22. The van der Waals surface area contributed by atoms with Crippen LogP contribution in [0, 0.1) is 12.7 Å². The van der Waals surface area contributed by atoms with Gasteiger partial charge in [0.25, 0.3) is 0 Å². The van der Waals surface area contributed by atoms with Gasteiger partial charge in [-0.05, 0) is 42.6 Å². The number of nitrogens with two attached hydrogens (primary N) is 1. The molecule has 0 heterocycles. The Bertz CT molecular complexity index is 520. The number of hydrogen-bond acceptors (Lipinski definition) is 1. The summed E-state index contributed by atoms with van der Waals surface area (Å²) in [6.07, 6.45) is 0.864. The fourth-order valence-electron chi connectivity index (χ4n) is 1.99. The zero-order chi connectivity index (χ0) is 12.3. The zero-order valence-corrected chi connectivity index (χ0v) is 9.91. The van der Waals surface area contributed by atoms with E-state index in [-0.39, 0.29) is 5.82 Å². The van der Waals surface area contributed by atoms with Gasteiger partial charge in [0.15, 0.2) is 0 Å². The highest BCUT2D eigenvalue weighted by Crippen LogP contribution is 2.24. The van der Waals surface area contributed by atoms with E-state index in [9.17, 15) is 4.39 Å². The van der Waals surface area contributed by atoms with Crippen LogP contribution < -0.4 is 5.73 Å². The van der Waals surface area contributed by atoms with Crippen LogP contribution >= 0.6 is 0 Å². The summed E-state index contributed by atoms with van der Waals surface area (Å²) in [6.45, 7) is 2.68. The minimum Gasteiger partial charge on any atom is -0.330 e. The number of rotatable bonds is 3. The molecular weight excluding hydrogens is 213 g/mol. The van der Waals surface area contributed by atoms with Gasteiger partial charge in [0.2, 0.25) is 0 Å². The van der Waals surface area contributed by atoms with E-state index in [4.69, 9.17) is 5.73 Å². The van der Waals surface area contributed by atoms with Gasteiger partial charge in [-0.15, -0.1) is 0 Å². The summed E-state index contributed by atoms with van der Waals surface area (Å²) in [6, 6.07) is 12.8. The maximum absolute atomic E-state index is 13.6. The molecule has 0 saturated carbocycles. The second-order valence-corrected chi connectivity index (χ2v) is 4.16. The SMILES string of the molecule is Cc1cc(-c2ccccc2F)ccc1CCN. The van der Waals surface area contributed by atoms with Crippen molar-refractivity contribution in [3.8, 4) is 11.1 Å². The first kappa shape index (κ1) is 11.8. The van der Waals surface area contributed by atoms with E-state index < -0.39 is 0 Å². The van der Waals surface area contributed by atoms with Crippen LogP contribution in [0.4, 0.5) is 4.39 Å². The molecule has 0 bridgehead atoms. The van der Waals surface area contributed by atoms with Gasteiger partial charge < -0.3 is 5.73 Å². The predicted octanol–water partition coefficient (Wildman–Crippen LogP) is 3.30. The Morgan fingerprint density at radius 3 is 2.53 bits per heavy atom. The smallest absolute Gasteiger partial charge is 0.131 e. The van der Waals surface area contributed by atoms with Crippen molar-refractivity contribution in [2.75, 3.05) is 6.54 Å². The third kappa shape index (κ3) is 2.53. The van der Waals surface area contributed by atoms with Gasteiger partial charge in [-0.1, -0.05) is 36.4 Å². The van der Waals surface area contributed by atoms with E-state index in [1.54, 1.807) is 12.1 Å². The van der Waals surface area contributed by atoms with Crippen molar-refractivity contribution >= 4 is 0 Å². The molecule has 2 aromatic carbocycles. The van der Waals surface area contributed by atoms with E-state index in [0.717, 1.165) is 17.5 Å². The van der Waals surface area contributed by atoms with Crippen LogP contribution in [0.2, 0.25) is 0 Å². The predicted molar refractivity (Wildman–Crippen MR) is 69.3 cm³/mol. The van der Waals surface area contributed by atoms with Gasteiger partial charge in [-0.2, -0.15) is 0 Å². The Balaban J connectivity index is 2.41. The summed E-state index contributed by atoms with van der Waals surface area (Å²) < 4.78 is 13.6. The monoisotopic (exact) mass is 229 g/mol. The number of halogens is 1. The summed E-state index contributed by atoms with van der Waals surface area (Å²) in [5.41, 5.74) is 9.50. The lowest BCUT2D eigenvalue weighted by Crippen LogP contribution is -2.04. The van der Waals surface area contributed by atoms with Crippen molar-refractivity contribution < 1.29 is 4.39 Å². The third-order valence-electron chi connectivity index (χ3n) is 2.94. The minimum absolute atomic E-state index is 0.182. The van der Waals surface area contributed by atoms with Gasteiger partial charge in [-0.25, -0.2) is 4.39 Å². The lowest BCUT2D eigenvalue weighted by Gasteiger charge is -2.08. The summed E-state index contributed by atoms with van der Waals surface area (Å²) in [5, 5.41) is 0. The largest absolute Gasteiger partial charge is 0.330 e. The maximum atomic E-state index is 13.6. The van der Waals surface area contributed by atoms with Crippen molar-refractivity contribution in [2.24, 2.45) is 5.73 Å². The van der Waals surface area contributed by atoms with Gasteiger partial charge >= 0.3 is 0 Å². The number of hydrogen-bond donors (Lipinski definition) is 1. The van der Waals surface area contributed by atoms with Crippen LogP contribution in [0.1, 0.15) is 11.1 Å². The topological polar surface area (TPSA) is 26.0 Å². The Hall–Kier alpha value is -1.67. The standard InChI is InChI=1S/C15H16FN/c1-11-10-13(7-6-12(11)8-9-17)14-4-2-3-5-15(14)16/h2-7,10H,8-9,17H2,1H3. The molecule has 2 N–H and O–H groups in total. The Morgan fingerprint density at radius 2 is 1.88 bits per heavy atom. The molecule has 0 aromatic heterocycles. The first-order valence-electron chi connectivity index (χ1n) is 5.77. The highest BCUT2D eigenvalue weighted by Gasteiger charge is 2.05. The zero-order valence-electron chi connectivity index (χ0n) is 9.91. The molecular formula is C15H16FN. The minimum atomic E-state index is -0.182. The average Bonchev–Trinajstić information content (AvgIpc) is 2.33. The van der Waals surface area contributed by atoms with E-state index in [1.807, 2.05) is 31.2 Å². The van der Waals surface area contributed by atoms with Crippen LogP contribution in [-0.4, -0.2) is 6.54 Å². The molecule has 0 amide bonds. The molecule has 0 radical (unpaired) electrons. The van der Waals surface area contributed by atoms with Crippen molar-refractivity contribution in [2.45, 2.75) is 13.3 Å². The van der Waals surface area contributed by atoms with Crippen LogP contribution in [0.15, 0.2) is 42.5 Å². The van der Waals surface area contributed by atoms with Crippen LogP contribution in [-0.2, 0) is 6.42 Å². The first-order valence-corrected chi connectivity index (χ1v) is 5.77. The van der Waals surface area contributed by atoms with E-state index in [2.05, 4.69) is 0 Å². The van der Waals surface area contributed by atoms with Crippen LogP contribution in [0.25, 0.3) is 11.1 Å². The Morgan fingerprint density at radius 1 is 1.12 bits per heavy atom. The number of benzene rings is 2. The Labute approximate surface area is 101 Å². The lowest BCUT2D eigenvalue weighted by atomic mass is 9.98. The lowest BCUT2D eigenvalue weighted by molar-refractivity contribution is 0.631. The van der Waals surface area contributed by atoms with Crippen LogP contribution in [0.3, 0.4) is 0 Å². The molecule has 0 fully saturated rings. The molecule has 2 aromatic rings. The summed E-state index contributed by atoms with van der Waals surface area (Å²) in [5.74, 6) is -0.182. The van der Waals surface area contributed by atoms with Crippen LogP contribution in [0.5, 0.6) is 0 Å². The molecule has 2 rings (SSSR count). The molecule has 0 saturated heterocycles. The molecule has 0 aliphatic carbocycles. The summed E-state index contributed by atoms with van der Waals surface area (Å²) >= 11 is 0. The van der Waals surface area contributed by atoms with Crippen molar-refractivity contribution in [3.05, 3.63) is 59.4 Å². The van der Waals surface area contributed by atoms with E-state index >= 15 is 0 Å². The van der Waals surface area contributed by atoms with Gasteiger partial charge in [0.05, 0.1) is 0 Å². The van der Waals surface area contributed by atoms with Gasteiger partial charge in [-0.3, -0.25) is 0 Å². The third-order valence-corrected chi connectivity index (χ3v) is 2.94. The molecule has 0 unspecified atom stereocenters. The molecule has 0 aliphatic heterocycles. The van der Waals surface area contributed by atoms with Gasteiger partial charge in [0, 0.05) is 5.56 Å². The van der Waals surface area contributed by atoms with E-state index in [0.29, 0.717) is 12.1 Å². The Kier molecular flexibility index (Phi) is 3.55. The molecule has 2 heteroatoms. The van der Waals surface area contributed by atoms with Gasteiger partial charge in [0.1, 0.15) is 5.82 Å². The summed E-state index contributed by atoms with van der Waals surface area (Å²) in [7, 11) is 0. The highest BCUT2D eigenvalue weighted by molar-refractivity contribution is 5.65. The fourth-order valence-corrected chi connectivity index (χ4v) is 1.99. The normalized spacial score (nSPS) is 10.5. The fraction of sp³-hybridized carbons (Fsp3) is 0.200. The average molecular weight is 229 g/mol. The van der Waals surface area contributed by atoms with Crippen molar-refractivity contribution in [3.63, 3.8) is 0 Å². The molecule has 88 valence electrons. The molecule has 0 spiro atoms. The molecule has 17 heavy (non-hydrogen) atoms. The van der Waals surface area contributed by atoms with E-state index in [1.165, 1.54) is 11.6 Å². The van der Waals surface area contributed by atoms with Crippen molar-refractivity contribution in [1.82, 2.24) is 0 Å². The second kappa shape index (κ2) is 5.11. The second-order valence-electron chi connectivity index (χ2n) is 4.16. The number of aryl methyl sites for hydroxylation is 1. The summed E-state index contributed by atoms with van der Waals surface area (Å²) in [4.78, 5) is 0. The highest BCUT2D eigenvalue weighted by atomic mass is 19.1. The quantitative estimate of drug-likeness (QED) is 0.858. The molecule has 0 atom stereocenters. The maximum Gasteiger partial charge on any atom is 0.131 e. The molecule has 1 nitrogen and oxygen atoms in total. The molecule has 0 aliphatic rings.